The van der Waals surface area contributed by atoms with E-state index in [1.807, 2.05) is 6.07 Å². The van der Waals surface area contributed by atoms with Gasteiger partial charge in [0.25, 0.3) is 5.91 Å². The van der Waals surface area contributed by atoms with Crippen molar-refractivity contribution in [1.29, 1.82) is 5.26 Å². The van der Waals surface area contributed by atoms with Crippen LogP contribution in [-0.2, 0) is 16.1 Å². The Bertz CT molecular complexity index is 1170. The number of anilines is 1. The van der Waals surface area contributed by atoms with E-state index in [-0.39, 0.29) is 48.3 Å². The van der Waals surface area contributed by atoms with Crippen molar-refractivity contribution in [3.05, 3.63) is 52.4 Å². The highest BCUT2D eigenvalue weighted by atomic mass is 16.2. The van der Waals surface area contributed by atoms with Gasteiger partial charge >= 0.3 is 0 Å². The number of nitrogens with zero attached hydrogens (tertiary/aromatic N) is 4. The molecule has 1 fully saturated rings. The van der Waals surface area contributed by atoms with Crippen LogP contribution in [-0.4, -0.2) is 33.6 Å². The van der Waals surface area contributed by atoms with Gasteiger partial charge in [0.05, 0.1) is 17.8 Å². The SMILES string of the molecule is [C-]#[N+]c1cc(C#N)c(-c2ccc3c(c2)CN(C2CCC(=O)NC2=O)C3=O)nc1N. The Morgan fingerprint density at radius 1 is 1.31 bits per heavy atom. The third-order valence-corrected chi connectivity index (χ3v) is 5.07. The van der Waals surface area contributed by atoms with Crippen LogP contribution in [0.2, 0.25) is 0 Å². The number of carbonyl (C=O) groups is 3. The van der Waals surface area contributed by atoms with Gasteiger partial charge in [-0.1, -0.05) is 6.07 Å². The first-order valence-electron chi connectivity index (χ1n) is 8.79. The van der Waals surface area contributed by atoms with Crippen LogP contribution in [0.4, 0.5) is 11.5 Å². The molecular weight excluding hydrogens is 372 g/mol. The van der Waals surface area contributed by atoms with Crippen LogP contribution in [0, 0.1) is 17.9 Å². The van der Waals surface area contributed by atoms with Crippen LogP contribution in [0.3, 0.4) is 0 Å². The molecule has 1 unspecified atom stereocenters. The summed E-state index contributed by atoms with van der Waals surface area (Å²) in [6.07, 6.45) is 0.468. The number of hydrogen-bond donors (Lipinski definition) is 2. The van der Waals surface area contributed by atoms with E-state index in [4.69, 9.17) is 12.3 Å². The number of fused-ring (bicyclic) bond motifs is 1. The van der Waals surface area contributed by atoms with Crippen LogP contribution < -0.4 is 11.1 Å². The van der Waals surface area contributed by atoms with E-state index < -0.39 is 11.9 Å². The molecule has 9 heteroatoms. The molecule has 1 atom stereocenters. The van der Waals surface area contributed by atoms with Crippen molar-refractivity contribution in [2.45, 2.75) is 25.4 Å². The molecular formula is C20H14N6O3. The summed E-state index contributed by atoms with van der Waals surface area (Å²) in [4.78, 5) is 45.2. The largest absolute Gasteiger partial charge is 0.392 e. The molecule has 0 saturated carbocycles. The van der Waals surface area contributed by atoms with E-state index in [9.17, 15) is 19.6 Å². The van der Waals surface area contributed by atoms with Gasteiger partial charge in [-0.05, 0) is 30.2 Å². The van der Waals surface area contributed by atoms with Crippen molar-refractivity contribution in [3.63, 3.8) is 0 Å². The van der Waals surface area contributed by atoms with E-state index >= 15 is 0 Å². The monoisotopic (exact) mass is 386 g/mol. The third-order valence-electron chi connectivity index (χ3n) is 5.07. The Hall–Kier alpha value is -4.24. The quantitative estimate of drug-likeness (QED) is 0.594. The van der Waals surface area contributed by atoms with Crippen molar-refractivity contribution in [3.8, 4) is 17.3 Å². The fourth-order valence-corrected chi connectivity index (χ4v) is 3.63. The van der Waals surface area contributed by atoms with Gasteiger partial charge < -0.3 is 10.6 Å². The molecule has 142 valence electrons. The van der Waals surface area contributed by atoms with E-state index in [1.54, 1.807) is 18.2 Å². The summed E-state index contributed by atoms with van der Waals surface area (Å²) in [5, 5.41) is 11.7. The molecule has 1 aromatic heterocycles. The molecule has 2 aliphatic heterocycles. The number of piperidine rings is 1. The van der Waals surface area contributed by atoms with Crippen molar-refractivity contribution >= 4 is 29.2 Å². The van der Waals surface area contributed by atoms with Gasteiger partial charge in [-0.2, -0.15) is 5.26 Å². The summed E-state index contributed by atoms with van der Waals surface area (Å²) in [5.74, 6) is -1.07. The van der Waals surface area contributed by atoms with Gasteiger partial charge in [-0.25, -0.2) is 9.83 Å². The fourth-order valence-electron chi connectivity index (χ4n) is 3.63. The molecule has 0 aliphatic carbocycles. The van der Waals surface area contributed by atoms with Crippen molar-refractivity contribution in [1.82, 2.24) is 15.2 Å². The van der Waals surface area contributed by atoms with Crippen LogP contribution in [0.15, 0.2) is 24.3 Å². The predicted octanol–water partition coefficient (Wildman–Crippen LogP) is 1.51. The number of imide groups is 1. The zero-order valence-electron chi connectivity index (χ0n) is 15.1. The number of benzene rings is 1. The van der Waals surface area contributed by atoms with Gasteiger partial charge in [-0.3, -0.25) is 19.7 Å². The molecule has 29 heavy (non-hydrogen) atoms. The summed E-state index contributed by atoms with van der Waals surface area (Å²) in [6.45, 7) is 7.32. The maximum atomic E-state index is 12.8. The number of nitrogens with one attached hydrogen (secondary N) is 1. The molecule has 3 amide bonds. The second-order valence-corrected chi connectivity index (χ2v) is 6.78. The standard InChI is InChI=1S/C20H14N6O3/c1-23-14-7-11(8-21)17(25-18(14)22)10-2-3-13-12(6-10)9-26(20(13)29)15-4-5-16(27)24-19(15)28/h2-3,6-7,15H,4-5,9H2,(H2,22,25)(H,24,27,28). The maximum absolute atomic E-state index is 12.8. The number of amides is 3. The van der Waals surface area contributed by atoms with Crippen LogP contribution >= 0.6 is 0 Å². The van der Waals surface area contributed by atoms with Gasteiger partial charge in [0, 0.05) is 24.1 Å². The Kier molecular flexibility index (Phi) is 4.21. The van der Waals surface area contributed by atoms with Gasteiger partial charge in [-0.15, -0.1) is 0 Å². The van der Waals surface area contributed by atoms with E-state index in [0.29, 0.717) is 22.4 Å². The Morgan fingerprint density at radius 3 is 2.79 bits per heavy atom. The molecule has 1 aromatic carbocycles. The van der Waals surface area contributed by atoms with Crippen LogP contribution in [0.5, 0.6) is 0 Å². The molecule has 2 aromatic rings. The van der Waals surface area contributed by atoms with E-state index in [2.05, 4.69) is 15.1 Å². The number of aromatic nitrogens is 1. The minimum absolute atomic E-state index is 0.0238. The number of nitrogen functional groups attached to an aromatic ring is 1. The molecule has 4 rings (SSSR count). The van der Waals surface area contributed by atoms with Crippen molar-refractivity contribution in [2.24, 2.45) is 0 Å². The second kappa shape index (κ2) is 6.73. The lowest BCUT2D eigenvalue weighted by atomic mass is 10.0. The minimum Gasteiger partial charge on any atom is -0.392 e. The average molecular weight is 386 g/mol. The van der Waals surface area contributed by atoms with Crippen molar-refractivity contribution < 1.29 is 14.4 Å². The van der Waals surface area contributed by atoms with Crippen LogP contribution in [0.1, 0.15) is 34.3 Å². The maximum Gasteiger partial charge on any atom is 0.255 e. The summed E-state index contributed by atoms with van der Waals surface area (Å²) in [5.41, 5.74) is 8.17. The lowest BCUT2D eigenvalue weighted by molar-refractivity contribution is -0.136. The zero-order valence-corrected chi connectivity index (χ0v) is 15.1. The summed E-state index contributed by atoms with van der Waals surface area (Å²) < 4.78 is 0. The molecule has 9 nitrogen and oxygen atoms in total. The van der Waals surface area contributed by atoms with Gasteiger partial charge in [0.2, 0.25) is 17.5 Å². The smallest absolute Gasteiger partial charge is 0.255 e. The number of nitrogens with two attached hydrogens (primary N) is 1. The van der Waals surface area contributed by atoms with E-state index in [0.717, 1.165) is 0 Å². The Labute approximate surface area is 165 Å². The zero-order chi connectivity index (χ0) is 20.7. The highest BCUT2D eigenvalue weighted by Gasteiger charge is 2.39. The number of pyridine rings is 1. The molecule has 2 aliphatic rings. The third kappa shape index (κ3) is 2.95. The fraction of sp³-hybridized carbons (Fsp3) is 0.200. The topological polar surface area (TPSA) is 134 Å². The second-order valence-electron chi connectivity index (χ2n) is 6.78. The molecule has 3 heterocycles. The normalized spacial score (nSPS) is 18.1. The Morgan fingerprint density at radius 2 is 2.10 bits per heavy atom. The summed E-state index contributed by atoms with van der Waals surface area (Å²) in [7, 11) is 0. The first-order valence-corrected chi connectivity index (χ1v) is 8.79. The number of rotatable bonds is 2. The molecule has 1 saturated heterocycles. The average Bonchev–Trinajstić information content (AvgIpc) is 3.03. The van der Waals surface area contributed by atoms with Gasteiger partial charge in [0.1, 0.15) is 17.9 Å². The predicted molar refractivity (Wildman–Crippen MR) is 101 cm³/mol. The van der Waals surface area contributed by atoms with E-state index in [1.165, 1.54) is 11.0 Å². The molecule has 0 radical (unpaired) electrons. The first-order chi connectivity index (χ1) is 13.9. The van der Waals surface area contributed by atoms with Crippen molar-refractivity contribution in [2.75, 3.05) is 5.73 Å². The number of carbonyl (C=O) groups excluding carboxylic acids is 3. The number of hydrogen-bond acceptors (Lipinski definition) is 6. The highest BCUT2D eigenvalue weighted by molar-refractivity contribution is 6.05. The summed E-state index contributed by atoms with van der Waals surface area (Å²) in [6, 6.07) is 7.73. The van der Waals surface area contributed by atoms with Crippen LogP contribution in [0.25, 0.3) is 16.1 Å². The lowest BCUT2D eigenvalue weighted by Gasteiger charge is -2.29. The van der Waals surface area contributed by atoms with Gasteiger partial charge in [0.15, 0.2) is 0 Å². The molecule has 3 N–H and O–H groups in total. The number of nitriles is 1. The lowest BCUT2D eigenvalue weighted by Crippen LogP contribution is -2.52. The summed E-state index contributed by atoms with van der Waals surface area (Å²) >= 11 is 0. The molecule has 0 spiro atoms. The minimum atomic E-state index is -0.697. The highest BCUT2D eigenvalue weighted by Crippen LogP contribution is 2.33. The Balaban J connectivity index is 1.70. The molecule has 0 bridgehead atoms. The first kappa shape index (κ1) is 18.1.